The molecule has 1 amide bonds. The Labute approximate surface area is 131 Å². The van der Waals surface area contributed by atoms with Gasteiger partial charge in [0.1, 0.15) is 0 Å². The Kier molecular flexibility index (Phi) is 3.07. The minimum atomic E-state index is -0.489. The molecule has 1 saturated carbocycles. The first kappa shape index (κ1) is 13.8. The highest BCUT2D eigenvalue weighted by Gasteiger charge is 2.30. The zero-order valence-electron chi connectivity index (χ0n) is 12.5. The van der Waals surface area contributed by atoms with Gasteiger partial charge in [-0.2, -0.15) is 9.37 Å². The third kappa shape index (κ3) is 2.54. The normalized spacial score (nSPS) is 14.2. The lowest BCUT2D eigenvalue weighted by molar-refractivity contribution is -0.117. The highest BCUT2D eigenvalue weighted by Crippen LogP contribution is 2.30. The van der Waals surface area contributed by atoms with Crippen molar-refractivity contribution in [2.45, 2.75) is 19.8 Å². The summed E-state index contributed by atoms with van der Waals surface area (Å²) in [5, 5.41) is 7.08. The van der Waals surface area contributed by atoms with Crippen LogP contribution < -0.4 is 5.32 Å². The van der Waals surface area contributed by atoms with Gasteiger partial charge >= 0.3 is 0 Å². The van der Waals surface area contributed by atoms with E-state index in [9.17, 15) is 9.18 Å². The average Bonchev–Trinajstić information content (AvgIpc) is 3.30. The van der Waals surface area contributed by atoms with Crippen LogP contribution in [0, 0.1) is 18.8 Å². The first-order chi connectivity index (χ1) is 11.1. The molecule has 0 radical (unpaired) electrons. The van der Waals surface area contributed by atoms with Crippen molar-refractivity contribution in [3.8, 4) is 11.3 Å². The molecule has 0 aliphatic heterocycles. The molecule has 0 spiro atoms. The van der Waals surface area contributed by atoms with Crippen LogP contribution >= 0.6 is 0 Å². The Hall–Kier alpha value is -2.83. The molecular weight excluding hydrogens is 297 g/mol. The molecule has 0 aromatic carbocycles. The van der Waals surface area contributed by atoms with E-state index >= 15 is 0 Å². The van der Waals surface area contributed by atoms with E-state index in [1.165, 1.54) is 6.20 Å². The highest BCUT2D eigenvalue weighted by molar-refractivity contribution is 5.92. The van der Waals surface area contributed by atoms with Crippen LogP contribution in [-0.4, -0.2) is 25.5 Å². The number of nitrogens with zero attached hydrogens (tertiary/aromatic N) is 4. The Bertz CT molecular complexity index is 916. The predicted molar refractivity (Wildman–Crippen MR) is 82.3 cm³/mol. The number of amides is 1. The first-order valence-corrected chi connectivity index (χ1v) is 7.41. The van der Waals surface area contributed by atoms with Gasteiger partial charge in [0, 0.05) is 23.2 Å². The number of aromatic nitrogens is 4. The maximum absolute atomic E-state index is 13.4. The van der Waals surface area contributed by atoms with Crippen molar-refractivity contribution < 1.29 is 9.18 Å². The van der Waals surface area contributed by atoms with Gasteiger partial charge in [-0.3, -0.25) is 10.1 Å². The van der Waals surface area contributed by atoms with Crippen LogP contribution in [0.25, 0.3) is 16.9 Å². The fourth-order valence-corrected chi connectivity index (χ4v) is 2.43. The summed E-state index contributed by atoms with van der Waals surface area (Å²) in [7, 11) is 0. The number of fused-ring (bicyclic) bond motifs is 1. The van der Waals surface area contributed by atoms with Crippen LogP contribution in [0.3, 0.4) is 0 Å². The van der Waals surface area contributed by atoms with Crippen LogP contribution in [0.5, 0.6) is 0 Å². The summed E-state index contributed by atoms with van der Waals surface area (Å²) in [5.41, 5.74) is 2.54. The van der Waals surface area contributed by atoms with E-state index in [1.54, 1.807) is 23.6 Å². The highest BCUT2D eigenvalue weighted by atomic mass is 19.1. The fraction of sp³-hybridized carbons (Fsp3) is 0.250. The molecule has 3 heterocycles. The number of aryl methyl sites for hydroxylation is 1. The molecule has 1 aliphatic rings. The second-order valence-electron chi connectivity index (χ2n) is 5.71. The standard InChI is InChI=1S/C16H14FN5O/c1-9-7-11(8-18-14(9)17)12-3-2-4-13-19-16(21-22(12)13)20-15(23)10-5-6-10/h2-4,7-8,10H,5-6H2,1H3,(H,20,21,23). The minimum Gasteiger partial charge on any atom is -0.293 e. The van der Waals surface area contributed by atoms with E-state index in [1.807, 2.05) is 12.1 Å². The maximum Gasteiger partial charge on any atom is 0.249 e. The molecule has 0 unspecified atom stereocenters. The summed E-state index contributed by atoms with van der Waals surface area (Å²) >= 11 is 0. The molecule has 3 aromatic heterocycles. The summed E-state index contributed by atoms with van der Waals surface area (Å²) in [6.07, 6.45) is 3.30. The Balaban J connectivity index is 1.75. The lowest BCUT2D eigenvalue weighted by atomic mass is 10.1. The number of hydrogen-bond acceptors (Lipinski definition) is 4. The molecule has 0 bridgehead atoms. The molecule has 1 N–H and O–H groups in total. The number of rotatable bonds is 3. The minimum absolute atomic E-state index is 0.0400. The molecule has 4 rings (SSSR count). The van der Waals surface area contributed by atoms with E-state index in [-0.39, 0.29) is 17.8 Å². The van der Waals surface area contributed by atoms with Gasteiger partial charge in [0.25, 0.3) is 0 Å². The van der Waals surface area contributed by atoms with Crippen molar-refractivity contribution in [3.05, 3.63) is 42.0 Å². The Morgan fingerprint density at radius 1 is 1.39 bits per heavy atom. The molecule has 1 fully saturated rings. The summed E-state index contributed by atoms with van der Waals surface area (Å²) in [6, 6.07) is 7.20. The lowest BCUT2D eigenvalue weighted by Gasteiger charge is -2.05. The number of pyridine rings is 2. The van der Waals surface area contributed by atoms with Crippen molar-refractivity contribution in [2.75, 3.05) is 5.32 Å². The molecule has 3 aromatic rings. The van der Waals surface area contributed by atoms with E-state index in [4.69, 9.17) is 0 Å². The molecule has 0 saturated heterocycles. The van der Waals surface area contributed by atoms with Crippen molar-refractivity contribution in [2.24, 2.45) is 5.92 Å². The van der Waals surface area contributed by atoms with Crippen molar-refractivity contribution in [3.63, 3.8) is 0 Å². The summed E-state index contributed by atoms with van der Waals surface area (Å²) in [5.74, 6) is -0.162. The number of halogens is 1. The number of carbonyl (C=O) groups excluding carboxylic acids is 1. The van der Waals surface area contributed by atoms with Gasteiger partial charge in [-0.25, -0.2) is 9.50 Å². The van der Waals surface area contributed by atoms with Gasteiger partial charge < -0.3 is 0 Å². The number of anilines is 1. The quantitative estimate of drug-likeness (QED) is 0.755. The predicted octanol–water partition coefficient (Wildman–Crippen LogP) is 2.59. The fourth-order valence-electron chi connectivity index (χ4n) is 2.43. The number of hydrogen-bond donors (Lipinski definition) is 1. The average molecular weight is 311 g/mol. The molecule has 116 valence electrons. The second kappa shape index (κ2) is 5.12. The van der Waals surface area contributed by atoms with Crippen LogP contribution in [0.4, 0.5) is 10.3 Å². The smallest absolute Gasteiger partial charge is 0.249 e. The van der Waals surface area contributed by atoms with Gasteiger partial charge in [0.2, 0.25) is 17.8 Å². The van der Waals surface area contributed by atoms with Crippen LogP contribution in [-0.2, 0) is 4.79 Å². The van der Waals surface area contributed by atoms with Gasteiger partial charge in [-0.15, -0.1) is 5.10 Å². The van der Waals surface area contributed by atoms with Crippen molar-refractivity contribution in [1.82, 2.24) is 19.6 Å². The molecular formula is C16H14FN5O. The van der Waals surface area contributed by atoms with Crippen LogP contribution in [0.15, 0.2) is 30.5 Å². The van der Waals surface area contributed by atoms with E-state index in [0.29, 0.717) is 11.2 Å². The Morgan fingerprint density at radius 2 is 2.22 bits per heavy atom. The number of carbonyl (C=O) groups is 1. The third-order valence-electron chi connectivity index (χ3n) is 3.85. The van der Waals surface area contributed by atoms with Gasteiger partial charge in [-0.05, 0) is 38.0 Å². The molecule has 1 aliphatic carbocycles. The molecule has 7 heteroatoms. The second-order valence-corrected chi connectivity index (χ2v) is 5.71. The SMILES string of the molecule is Cc1cc(-c2cccc3nc(NC(=O)C4CC4)nn23)cnc1F. The number of nitrogens with one attached hydrogen (secondary N) is 1. The first-order valence-electron chi connectivity index (χ1n) is 7.41. The van der Waals surface area contributed by atoms with E-state index < -0.39 is 5.95 Å². The van der Waals surface area contributed by atoms with Crippen molar-refractivity contribution >= 4 is 17.5 Å². The summed E-state index contributed by atoms with van der Waals surface area (Å²) in [4.78, 5) is 19.9. The van der Waals surface area contributed by atoms with E-state index in [0.717, 1.165) is 24.1 Å². The summed E-state index contributed by atoms with van der Waals surface area (Å²) < 4.78 is 15.0. The zero-order chi connectivity index (χ0) is 16.0. The van der Waals surface area contributed by atoms with Gasteiger partial charge in [0.05, 0.1) is 5.69 Å². The monoisotopic (exact) mass is 311 g/mol. The largest absolute Gasteiger partial charge is 0.293 e. The zero-order valence-corrected chi connectivity index (χ0v) is 12.5. The van der Waals surface area contributed by atoms with Crippen molar-refractivity contribution in [1.29, 1.82) is 0 Å². The topological polar surface area (TPSA) is 72.2 Å². The van der Waals surface area contributed by atoms with Crippen LogP contribution in [0.2, 0.25) is 0 Å². The molecule has 6 nitrogen and oxygen atoms in total. The van der Waals surface area contributed by atoms with Gasteiger partial charge in [-0.1, -0.05) is 6.07 Å². The Morgan fingerprint density at radius 3 is 2.96 bits per heavy atom. The van der Waals surface area contributed by atoms with E-state index in [2.05, 4.69) is 20.4 Å². The lowest BCUT2D eigenvalue weighted by Crippen LogP contribution is -2.14. The maximum atomic E-state index is 13.4. The van der Waals surface area contributed by atoms with Gasteiger partial charge in [0.15, 0.2) is 5.65 Å². The molecule has 23 heavy (non-hydrogen) atoms. The third-order valence-corrected chi connectivity index (χ3v) is 3.85. The van der Waals surface area contributed by atoms with Crippen LogP contribution in [0.1, 0.15) is 18.4 Å². The summed E-state index contributed by atoms with van der Waals surface area (Å²) in [6.45, 7) is 1.66. The molecule has 0 atom stereocenters.